The van der Waals surface area contributed by atoms with Crippen molar-refractivity contribution >= 4 is 27.8 Å². The molecule has 8 heteroatoms. The van der Waals surface area contributed by atoms with Gasteiger partial charge in [0.25, 0.3) is 0 Å². The molecule has 1 heterocycles. The molecule has 0 spiro atoms. The maximum absolute atomic E-state index is 11.5. The third-order valence-corrected chi connectivity index (χ3v) is 3.24. The summed E-state index contributed by atoms with van der Waals surface area (Å²) in [6.07, 6.45) is 1.74. The highest BCUT2D eigenvalue weighted by atomic mass is 35.5. The van der Waals surface area contributed by atoms with Crippen LogP contribution in [0.15, 0.2) is 6.07 Å². The fourth-order valence-electron chi connectivity index (χ4n) is 1.15. The van der Waals surface area contributed by atoms with E-state index in [-0.39, 0.29) is 17.1 Å². The second-order valence-corrected chi connectivity index (χ2v) is 5.49. The van der Waals surface area contributed by atoms with E-state index >= 15 is 0 Å². The zero-order valence-corrected chi connectivity index (χ0v) is 10.1. The fourth-order valence-corrected chi connectivity index (χ4v) is 2.45. The highest BCUT2D eigenvalue weighted by molar-refractivity contribution is 7.90. The first-order valence-corrected chi connectivity index (χ1v) is 6.62. The summed E-state index contributed by atoms with van der Waals surface area (Å²) in [6, 6.07) is 1.59. The molecule has 0 aliphatic heterocycles. The molecule has 1 saturated carbocycles. The summed E-state index contributed by atoms with van der Waals surface area (Å²) in [5.41, 5.74) is 0.601. The SMILES string of the molecule is Cc1cc(Cl)nc(NS(=O)(=O)NC2CC2)n1. The molecule has 1 aromatic heterocycles. The van der Waals surface area contributed by atoms with Crippen molar-refractivity contribution in [3.63, 3.8) is 0 Å². The van der Waals surface area contributed by atoms with Gasteiger partial charge in [0.15, 0.2) is 0 Å². The number of aromatic nitrogens is 2. The van der Waals surface area contributed by atoms with Crippen LogP contribution in [0.5, 0.6) is 0 Å². The number of hydrogen-bond donors (Lipinski definition) is 2. The van der Waals surface area contributed by atoms with E-state index in [1.165, 1.54) is 0 Å². The Kier molecular flexibility index (Phi) is 3.00. The van der Waals surface area contributed by atoms with Gasteiger partial charge < -0.3 is 0 Å². The first-order chi connectivity index (χ1) is 7.44. The second kappa shape index (κ2) is 4.15. The van der Waals surface area contributed by atoms with Crippen LogP contribution in [0.25, 0.3) is 0 Å². The summed E-state index contributed by atoms with van der Waals surface area (Å²) < 4.78 is 27.7. The Balaban J connectivity index is 2.12. The number of nitrogens with one attached hydrogen (secondary N) is 2. The minimum absolute atomic E-state index is 0.0156. The molecule has 1 aliphatic rings. The lowest BCUT2D eigenvalue weighted by Gasteiger charge is -2.07. The molecule has 0 unspecified atom stereocenters. The Bertz CT molecular complexity index is 481. The minimum atomic E-state index is -3.59. The molecule has 1 aromatic rings. The monoisotopic (exact) mass is 262 g/mol. The van der Waals surface area contributed by atoms with Crippen LogP contribution in [-0.2, 0) is 10.2 Å². The highest BCUT2D eigenvalue weighted by Crippen LogP contribution is 2.20. The number of hydrogen-bond acceptors (Lipinski definition) is 4. The van der Waals surface area contributed by atoms with Gasteiger partial charge in [-0.25, -0.2) is 14.7 Å². The first kappa shape index (κ1) is 11.6. The summed E-state index contributed by atoms with van der Waals surface area (Å²) in [4.78, 5) is 7.69. The molecule has 1 aliphatic carbocycles. The van der Waals surface area contributed by atoms with Gasteiger partial charge in [-0.1, -0.05) is 11.6 Å². The summed E-state index contributed by atoms with van der Waals surface area (Å²) in [5.74, 6) is -0.0156. The minimum Gasteiger partial charge on any atom is -0.238 e. The van der Waals surface area contributed by atoms with Gasteiger partial charge in [0.2, 0.25) is 5.95 Å². The van der Waals surface area contributed by atoms with Crippen molar-refractivity contribution < 1.29 is 8.42 Å². The Labute approximate surface area is 98.6 Å². The van der Waals surface area contributed by atoms with E-state index in [4.69, 9.17) is 11.6 Å². The topological polar surface area (TPSA) is 84.0 Å². The molecule has 2 rings (SSSR count). The van der Waals surface area contributed by atoms with Crippen molar-refractivity contribution in [2.75, 3.05) is 4.72 Å². The molecule has 0 saturated heterocycles. The summed E-state index contributed by atoms with van der Waals surface area (Å²) >= 11 is 5.69. The van der Waals surface area contributed by atoms with Gasteiger partial charge in [0.05, 0.1) is 0 Å². The number of rotatable bonds is 4. The molecule has 0 aromatic carbocycles. The Morgan fingerprint density at radius 3 is 2.69 bits per heavy atom. The molecule has 88 valence electrons. The molecule has 6 nitrogen and oxygen atoms in total. The van der Waals surface area contributed by atoms with Gasteiger partial charge in [-0.3, -0.25) is 0 Å². The second-order valence-electron chi connectivity index (χ2n) is 3.65. The van der Waals surface area contributed by atoms with Crippen molar-refractivity contribution in [2.24, 2.45) is 0 Å². The van der Waals surface area contributed by atoms with Crippen molar-refractivity contribution in [3.8, 4) is 0 Å². The van der Waals surface area contributed by atoms with Gasteiger partial charge >= 0.3 is 10.2 Å². The van der Waals surface area contributed by atoms with Crippen LogP contribution in [0.2, 0.25) is 5.15 Å². The van der Waals surface area contributed by atoms with Crippen LogP contribution in [0, 0.1) is 6.92 Å². The van der Waals surface area contributed by atoms with Crippen LogP contribution in [0.1, 0.15) is 18.5 Å². The Morgan fingerprint density at radius 1 is 1.44 bits per heavy atom. The molecule has 2 N–H and O–H groups in total. The molecule has 0 atom stereocenters. The summed E-state index contributed by atoms with van der Waals surface area (Å²) in [7, 11) is -3.59. The smallest absolute Gasteiger partial charge is 0.238 e. The Morgan fingerprint density at radius 2 is 2.12 bits per heavy atom. The first-order valence-electron chi connectivity index (χ1n) is 4.76. The van der Waals surface area contributed by atoms with Crippen molar-refractivity contribution in [1.29, 1.82) is 0 Å². The van der Waals surface area contributed by atoms with Gasteiger partial charge in [0.1, 0.15) is 5.15 Å². The number of anilines is 1. The van der Waals surface area contributed by atoms with Crippen LogP contribution in [0.4, 0.5) is 5.95 Å². The van der Waals surface area contributed by atoms with Crippen LogP contribution in [0.3, 0.4) is 0 Å². The van der Waals surface area contributed by atoms with E-state index in [0.29, 0.717) is 5.69 Å². The predicted molar refractivity (Wildman–Crippen MR) is 60.5 cm³/mol. The molecular formula is C8H11ClN4O2S. The number of nitrogens with zero attached hydrogens (tertiary/aromatic N) is 2. The lowest BCUT2D eigenvalue weighted by molar-refractivity contribution is 0.586. The predicted octanol–water partition coefficient (Wildman–Crippen LogP) is 0.847. The highest BCUT2D eigenvalue weighted by Gasteiger charge is 2.27. The van der Waals surface area contributed by atoms with E-state index in [1.54, 1.807) is 13.0 Å². The molecular weight excluding hydrogens is 252 g/mol. The summed E-state index contributed by atoms with van der Waals surface area (Å²) in [6.45, 7) is 1.71. The normalized spacial score (nSPS) is 16.1. The van der Waals surface area contributed by atoms with Gasteiger partial charge in [0, 0.05) is 11.7 Å². The van der Waals surface area contributed by atoms with Crippen molar-refractivity contribution in [1.82, 2.24) is 14.7 Å². The lowest BCUT2D eigenvalue weighted by Crippen LogP contribution is -2.32. The van der Waals surface area contributed by atoms with Crippen LogP contribution >= 0.6 is 11.6 Å². The third kappa shape index (κ3) is 3.29. The third-order valence-electron chi connectivity index (χ3n) is 1.95. The van der Waals surface area contributed by atoms with Gasteiger partial charge in [-0.05, 0) is 25.8 Å². The van der Waals surface area contributed by atoms with E-state index in [2.05, 4.69) is 19.4 Å². The number of aryl methyl sites for hydroxylation is 1. The van der Waals surface area contributed by atoms with Gasteiger partial charge in [-0.2, -0.15) is 13.1 Å². The largest absolute Gasteiger partial charge is 0.301 e. The quantitative estimate of drug-likeness (QED) is 0.788. The molecule has 0 radical (unpaired) electrons. The average molecular weight is 263 g/mol. The number of halogens is 1. The van der Waals surface area contributed by atoms with Crippen LogP contribution < -0.4 is 9.44 Å². The van der Waals surface area contributed by atoms with Gasteiger partial charge in [-0.15, -0.1) is 0 Å². The zero-order valence-electron chi connectivity index (χ0n) is 8.57. The van der Waals surface area contributed by atoms with E-state index < -0.39 is 10.2 Å². The van der Waals surface area contributed by atoms with E-state index in [1.807, 2.05) is 0 Å². The fraction of sp³-hybridized carbons (Fsp3) is 0.500. The van der Waals surface area contributed by atoms with Crippen molar-refractivity contribution in [3.05, 3.63) is 16.9 Å². The van der Waals surface area contributed by atoms with E-state index in [0.717, 1.165) is 12.8 Å². The average Bonchev–Trinajstić information content (AvgIpc) is 2.83. The van der Waals surface area contributed by atoms with E-state index in [9.17, 15) is 8.42 Å². The van der Waals surface area contributed by atoms with Crippen LogP contribution in [-0.4, -0.2) is 24.4 Å². The Hall–Kier alpha value is -0.920. The maximum atomic E-state index is 11.5. The zero-order chi connectivity index (χ0) is 11.8. The maximum Gasteiger partial charge on any atom is 0.301 e. The standard InChI is InChI=1S/C8H11ClN4O2S/c1-5-4-7(9)11-8(10-5)13-16(14,15)12-6-2-3-6/h4,6,12H,2-3H2,1H3,(H,10,11,13). The summed E-state index contributed by atoms with van der Waals surface area (Å²) in [5, 5.41) is 0.205. The van der Waals surface area contributed by atoms with Crippen molar-refractivity contribution in [2.45, 2.75) is 25.8 Å². The molecule has 0 amide bonds. The lowest BCUT2D eigenvalue weighted by atomic mass is 10.5. The molecule has 1 fully saturated rings. The molecule has 16 heavy (non-hydrogen) atoms. The molecule has 0 bridgehead atoms.